The summed E-state index contributed by atoms with van der Waals surface area (Å²) in [6, 6.07) is 12.8. The molecule has 0 aliphatic heterocycles. The largest absolute Gasteiger partial charge is 0.493 e. The Hall–Kier alpha value is -4.56. The average Bonchev–Trinajstić information content (AvgIpc) is 3.52. The van der Waals surface area contributed by atoms with Crippen molar-refractivity contribution < 1.29 is 32.3 Å². The molecule has 1 amide bonds. The summed E-state index contributed by atoms with van der Waals surface area (Å²) in [6.45, 7) is 4.32. The summed E-state index contributed by atoms with van der Waals surface area (Å²) >= 11 is 0. The van der Waals surface area contributed by atoms with Crippen LogP contribution < -0.4 is 10.1 Å². The van der Waals surface area contributed by atoms with Gasteiger partial charge in [0.1, 0.15) is 11.6 Å². The number of halogens is 1. The number of furan rings is 1. The van der Waals surface area contributed by atoms with Crippen molar-refractivity contribution in [3.8, 4) is 28.9 Å². The lowest BCUT2D eigenvalue weighted by molar-refractivity contribution is -0.191. The summed E-state index contributed by atoms with van der Waals surface area (Å²) in [7, 11) is 0. The Balaban J connectivity index is 0.00000103. The van der Waals surface area contributed by atoms with Gasteiger partial charge in [0, 0.05) is 5.56 Å². The van der Waals surface area contributed by atoms with Gasteiger partial charge in [-0.25, -0.2) is 4.39 Å². The molecule has 2 heterocycles. The van der Waals surface area contributed by atoms with Crippen molar-refractivity contribution in [2.45, 2.75) is 20.3 Å². The molecule has 34 heavy (non-hydrogen) atoms. The number of nitrogens with zero attached hydrogens (tertiary/aromatic N) is 2. The highest BCUT2D eigenvalue weighted by atomic mass is 19.1. The third kappa shape index (κ3) is 5.81. The third-order valence-electron chi connectivity index (χ3n) is 4.46. The molecule has 1 N–H and O–H groups in total. The number of anilines is 1. The van der Waals surface area contributed by atoms with E-state index in [2.05, 4.69) is 15.5 Å². The maximum Gasteiger partial charge on any atom is 0.373 e. The first-order valence-electron chi connectivity index (χ1n) is 10.2. The molecule has 0 aliphatic carbocycles. The molecule has 0 aliphatic rings. The Morgan fingerprint density at radius 3 is 2.59 bits per heavy atom. The van der Waals surface area contributed by atoms with Crippen molar-refractivity contribution in [1.82, 2.24) is 10.2 Å². The zero-order valence-corrected chi connectivity index (χ0v) is 18.3. The molecule has 0 saturated heterocycles. The lowest BCUT2D eigenvalue weighted by Gasteiger charge is -2.13. The van der Waals surface area contributed by atoms with Gasteiger partial charge in [0.25, 0.3) is 11.8 Å². The van der Waals surface area contributed by atoms with Crippen LogP contribution in [0.15, 0.2) is 63.6 Å². The fourth-order valence-electron chi connectivity index (χ4n) is 2.94. The number of nitrogens with one attached hydrogen (secondary N) is 1. The van der Waals surface area contributed by atoms with Crippen molar-refractivity contribution >= 4 is 17.7 Å². The highest BCUT2D eigenvalue weighted by molar-refractivity contribution is 6.06. The highest BCUT2D eigenvalue weighted by Crippen LogP contribution is 2.28. The van der Waals surface area contributed by atoms with Crippen LogP contribution in [0, 0.1) is 12.7 Å². The van der Waals surface area contributed by atoms with Crippen LogP contribution in [0.2, 0.25) is 0 Å². The molecule has 2 aromatic heterocycles. The van der Waals surface area contributed by atoms with Gasteiger partial charge in [-0.2, -0.15) is 9.59 Å². The summed E-state index contributed by atoms with van der Waals surface area (Å²) < 4.78 is 31.0. The molecule has 0 unspecified atom stereocenters. The zero-order chi connectivity index (χ0) is 24.5. The van der Waals surface area contributed by atoms with Gasteiger partial charge in [0.2, 0.25) is 5.89 Å². The predicted octanol–water partition coefficient (Wildman–Crippen LogP) is 4.90. The molecular formula is C24H20FN3O6. The maximum atomic E-state index is 14.4. The number of hydrogen-bond donors (Lipinski definition) is 1. The van der Waals surface area contributed by atoms with Crippen molar-refractivity contribution in [1.29, 1.82) is 0 Å². The number of hydrogen-bond acceptors (Lipinski definition) is 8. The maximum absolute atomic E-state index is 14.4. The van der Waals surface area contributed by atoms with Crippen molar-refractivity contribution in [3.05, 3.63) is 71.7 Å². The molecule has 4 aromatic rings. The minimum absolute atomic E-state index is 0.0109. The van der Waals surface area contributed by atoms with E-state index in [-0.39, 0.29) is 23.6 Å². The van der Waals surface area contributed by atoms with Crippen LogP contribution >= 0.6 is 0 Å². The molecule has 0 spiro atoms. The van der Waals surface area contributed by atoms with Crippen LogP contribution in [-0.2, 0) is 9.59 Å². The first kappa shape index (κ1) is 24.1. The Bertz CT molecular complexity index is 1290. The normalized spacial score (nSPS) is 10.1. The number of amides is 1. The van der Waals surface area contributed by atoms with Crippen molar-refractivity contribution in [2.75, 3.05) is 11.9 Å². The fraction of sp³-hybridized carbons (Fsp3) is 0.167. The van der Waals surface area contributed by atoms with E-state index in [1.165, 1.54) is 24.5 Å². The predicted molar refractivity (Wildman–Crippen MR) is 117 cm³/mol. The molecular weight excluding hydrogens is 445 g/mol. The van der Waals surface area contributed by atoms with E-state index in [9.17, 15) is 9.18 Å². The molecule has 4 rings (SSSR count). The third-order valence-corrected chi connectivity index (χ3v) is 4.46. The van der Waals surface area contributed by atoms with Gasteiger partial charge in [-0.3, -0.25) is 4.79 Å². The zero-order valence-electron chi connectivity index (χ0n) is 18.3. The van der Waals surface area contributed by atoms with Crippen molar-refractivity contribution in [3.63, 3.8) is 0 Å². The van der Waals surface area contributed by atoms with Crippen LogP contribution in [0.25, 0.3) is 23.1 Å². The van der Waals surface area contributed by atoms with E-state index in [0.717, 1.165) is 12.0 Å². The van der Waals surface area contributed by atoms with Gasteiger partial charge in [-0.05, 0) is 55.8 Å². The Kier molecular flexibility index (Phi) is 8.04. The van der Waals surface area contributed by atoms with E-state index in [0.29, 0.717) is 29.2 Å². The lowest BCUT2D eigenvalue weighted by Crippen LogP contribution is -2.15. The van der Waals surface area contributed by atoms with Gasteiger partial charge < -0.3 is 18.9 Å². The highest BCUT2D eigenvalue weighted by Gasteiger charge is 2.18. The smallest absolute Gasteiger partial charge is 0.373 e. The van der Waals surface area contributed by atoms with E-state index in [4.69, 9.17) is 23.2 Å². The molecule has 10 heteroatoms. The standard InChI is InChI=1S/C23H20FN3O4.CO2/c1-3-10-29-19-9-6-14(2)12-16(19)21(28)25-18-13-15(7-8-17(18)24)22-26-27-23(31-22)20-5-4-11-30-20;2-1-3/h4-9,11-13H,3,10H2,1-2H3,(H,25,28);. The van der Waals surface area contributed by atoms with Gasteiger partial charge in [0.15, 0.2) is 5.76 Å². The van der Waals surface area contributed by atoms with Crippen LogP contribution in [0.3, 0.4) is 0 Å². The minimum Gasteiger partial charge on any atom is -0.493 e. The van der Waals surface area contributed by atoms with E-state index < -0.39 is 11.7 Å². The molecule has 9 nitrogen and oxygen atoms in total. The molecule has 174 valence electrons. The van der Waals surface area contributed by atoms with Crippen LogP contribution in [0.4, 0.5) is 10.1 Å². The second-order valence-corrected chi connectivity index (χ2v) is 6.97. The first-order chi connectivity index (χ1) is 16.5. The number of benzene rings is 2. The SMILES string of the molecule is CCCOc1ccc(C)cc1C(=O)Nc1cc(-c2nnc(-c3ccco3)o2)ccc1F.O=C=O. The second kappa shape index (κ2) is 11.3. The van der Waals surface area contributed by atoms with Crippen LogP contribution in [0.1, 0.15) is 29.3 Å². The molecule has 0 bridgehead atoms. The Morgan fingerprint density at radius 1 is 1.12 bits per heavy atom. The molecule has 0 radical (unpaired) electrons. The van der Waals surface area contributed by atoms with Gasteiger partial charge in [-0.15, -0.1) is 10.2 Å². The quantitative estimate of drug-likeness (QED) is 0.409. The summed E-state index contributed by atoms with van der Waals surface area (Å²) in [4.78, 5) is 29.1. The minimum atomic E-state index is -0.591. The summed E-state index contributed by atoms with van der Waals surface area (Å²) in [6.07, 6.45) is 2.55. The topological polar surface area (TPSA) is 125 Å². The Morgan fingerprint density at radius 2 is 1.88 bits per heavy atom. The van der Waals surface area contributed by atoms with Crippen molar-refractivity contribution in [2.24, 2.45) is 0 Å². The number of aryl methyl sites for hydroxylation is 1. The van der Waals surface area contributed by atoms with Gasteiger partial charge >= 0.3 is 6.15 Å². The van der Waals surface area contributed by atoms with E-state index in [1.54, 1.807) is 24.3 Å². The number of carbonyl (C=O) groups is 1. The molecule has 0 saturated carbocycles. The lowest BCUT2D eigenvalue weighted by atomic mass is 10.1. The molecule has 2 aromatic carbocycles. The van der Waals surface area contributed by atoms with Crippen LogP contribution in [-0.4, -0.2) is 28.9 Å². The monoisotopic (exact) mass is 465 g/mol. The van der Waals surface area contributed by atoms with E-state index >= 15 is 0 Å². The number of ether oxygens (including phenoxy) is 1. The summed E-state index contributed by atoms with van der Waals surface area (Å²) in [5, 5.41) is 10.5. The molecule has 0 fully saturated rings. The Labute approximate surface area is 193 Å². The first-order valence-corrected chi connectivity index (χ1v) is 10.2. The number of rotatable bonds is 7. The number of aromatic nitrogens is 2. The van der Waals surface area contributed by atoms with Gasteiger partial charge in [-0.1, -0.05) is 18.6 Å². The fourth-order valence-corrected chi connectivity index (χ4v) is 2.94. The van der Waals surface area contributed by atoms with Crippen LogP contribution in [0.5, 0.6) is 5.75 Å². The summed E-state index contributed by atoms with van der Waals surface area (Å²) in [5.41, 5.74) is 1.66. The average molecular weight is 465 g/mol. The van der Waals surface area contributed by atoms with E-state index in [1.807, 2.05) is 19.9 Å². The summed E-state index contributed by atoms with van der Waals surface area (Å²) in [5.74, 6) is 0.172. The second-order valence-electron chi connectivity index (χ2n) is 6.97. The number of carbonyl (C=O) groups excluding carboxylic acids is 3. The van der Waals surface area contributed by atoms with Gasteiger partial charge in [0.05, 0.1) is 24.1 Å². The molecule has 0 atom stereocenters.